The van der Waals surface area contributed by atoms with Crippen LogP contribution in [0, 0.1) is 15.2 Å². The Bertz CT molecular complexity index is 1100. The lowest BCUT2D eigenvalue weighted by atomic mass is 9.98. The number of hydrogen-bond donors (Lipinski definition) is 6. The van der Waals surface area contributed by atoms with E-state index in [-0.39, 0.29) is 9.41 Å². The summed E-state index contributed by atoms with van der Waals surface area (Å²) in [6.45, 7) is -0.218. The van der Waals surface area contributed by atoms with E-state index in [1.165, 1.54) is 0 Å². The Morgan fingerprint density at radius 2 is 1.81 bits per heavy atom. The number of H-pyrrole nitrogens is 1. The quantitative estimate of drug-likeness (QED) is 0.201. The molecule has 1 aromatic rings. The summed E-state index contributed by atoms with van der Waals surface area (Å²) in [5, 5.41) is 10.4. The zero-order chi connectivity index (χ0) is 24.0. The number of aliphatic hydroxyl groups is 1. The first-order valence-electron chi connectivity index (χ1n) is 7.66. The lowest BCUT2D eigenvalue weighted by molar-refractivity contribution is -0.0924. The first kappa shape index (κ1) is 27.0. The molecule has 0 bridgehead atoms. The molecule has 1 aliphatic rings. The highest BCUT2D eigenvalue weighted by Gasteiger charge is 2.55. The highest BCUT2D eigenvalue weighted by Crippen LogP contribution is 2.66. The van der Waals surface area contributed by atoms with Crippen LogP contribution in [-0.4, -0.2) is 58.7 Å². The summed E-state index contributed by atoms with van der Waals surface area (Å²) in [5.74, 6) is -0.977. The van der Waals surface area contributed by atoms with Gasteiger partial charge < -0.3 is 34.4 Å². The van der Waals surface area contributed by atoms with Crippen LogP contribution in [0.5, 0.6) is 0 Å². The van der Waals surface area contributed by atoms with Gasteiger partial charge in [0.05, 0.1) is 6.61 Å². The number of hydrogen-bond acceptors (Lipinski definition) is 10. The Hall–Kier alpha value is -0.290. The van der Waals surface area contributed by atoms with Crippen LogP contribution >= 0.6 is 47.9 Å². The molecule has 178 valence electrons. The number of phosphoric ester groups is 1. The molecular weight excluding hydrogens is 535 g/mol. The average molecular weight is 550 g/mol. The summed E-state index contributed by atoms with van der Waals surface area (Å²) in [6.07, 6.45) is -5.06. The van der Waals surface area contributed by atoms with Crippen molar-refractivity contribution in [1.29, 1.82) is 0 Å². The second-order valence-corrected chi connectivity index (χ2v) is 11.4. The van der Waals surface area contributed by atoms with Crippen LogP contribution in [-0.2, 0) is 31.6 Å². The Morgan fingerprint density at radius 3 is 2.35 bits per heavy atom. The van der Waals surface area contributed by atoms with Gasteiger partial charge in [-0.05, 0) is 19.1 Å². The Kier molecular flexibility index (Phi) is 7.96. The Morgan fingerprint density at radius 1 is 1.23 bits per heavy atom. The van der Waals surface area contributed by atoms with Gasteiger partial charge in [0.15, 0.2) is 23.0 Å². The van der Waals surface area contributed by atoms with Gasteiger partial charge in [0.1, 0.15) is 16.3 Å². The molecular formula is C10H15F2N2O12P3S2. The van der Waals surface area contributed by atoms with E-state index in [1.54, 1.807) is 0 Å². The largest absolute Gasteiger partial charge is 0.490 e. The number of aromatic amines is 1. The number of alkyl halides is 1. The lowest BCUT2D eigenvalue weighted by Crippen LogP contribution is -2.42. The number of aromatic nitrogens is 2. The second kappa shape index (κ2) is 9.16. The van der Waals surface area contributed by atoms with Crippen LogP contribution in [0.2, 0.25) is 0 Å². The third kappa shape index (κ3) is 6.85. The maximum absolute atomic E-state index is 14.7. The summed E-state index contributed by atoms with van der Waals surface area (Å²) in [5.41, 5.74) is -2.37. The number of rotatable bonds is 8. The van der Waals surface area contributed by atoms with Gasteiger partial charge in [-0.1, -0.05) is 12.2 Å². The maximum atomic E-state index is 14.7. The van der Waals surface area contributed by atoms with Crippen molar-refractivity contribution in [3.63, 3.8) is 0 Å². The SMILES string of the molecule is CC1(O)[C@@H](F)[C@@H](COP(=O)(O)OP(=O)(O)OP(=O)(O)O)O[C@H]1n1cc(F)c(=S)[nH]c1=S. The first-order valence-corrected chi connectivity index (χ1v) is 13.0. The van der Waals surface area contributed by atoms with Crippen molar-refractivity contribution in [2.24, 2.45) is 0 Å². The van der Waals surface area contributed by atoms with E-state index in [9.17, 15) is 32.5 Å². The second-order valence-electron chi connectivity index (χ2n) is 6.18. The Balaban J connectivity index is 2.17. The molecule has 1 saturated heterocycles. The van der Waals surface area contributed by atoms with Crippen LogP contribution in [0.1, 0.15) is 13.2 Å². The van der Waals surface area contributed by atoms with E-state index in [0.717, 1.165) is 17.7 Å². The third-order valence-corrected chi connectivity index (χ3v) is 8.10. The smallest absolute Gasteiger partial charge is 0.382 e. The molecule has 31 heavy (non-hydrogen) atoms. The summed E-state index contributed by atoms with van der Waals surface area (Å²) < 4.78 is 78.8. The van der Waals surface area contributed by atoms with Gasteiger partial charge in [0.2, 0.25) is 0 Å². The molecule has 0 aromatic carbocycles. The van der Waals surface area contributed by atoms with E-state index in [1.807, 2.05) is 0 Å². The number of phosphoric acid groups is 3. The number of nitrogens with zero attached hydrogens (tertiary/aromatic N) is 1. The minimum absolute atomic E-state index is 0.252. The molecule has 6 atom stereocenters. The van der Waals surface area contributed by atoms with E-state index < -0.39 is 60.0 Å². The number of ether oxygens (including phenoxy) is 1. The van der Waals surface area contributed by atoms with Crippen molar-refractivity contribution in [3.8, 4) is 0 Å². The molecule has 2 rings (SSSR count). The zero-order valence-electron chi connectivity index (χ0n) is 15.0. The highest BCUT2D eigenvalue weighted by atomic mass is 32.1. The van der Waals surface area contributed by atoms with Crippen molar-refractivity contribution in [3.05, 3.63) is 21.4 Å². The van der Waals surface area contributed by atoms with Crippen molar-refractivity contribution >= 4 is 47.9 Å². The minimum Gasteiger partial charge on any atom is -0.382 e. The van der Waals surface area contributed by atoms with E-state index in [0.29, 0.717) is 0 Å². The first-order chi connectivity index (χ1) is 13.8. The molecule has 1 aliphatic heterocycles. The van der Waals surface area contributed by atoms with Gasteiger partial charge >= 0.3 is 23.5 Å². The van der Waals surface area contributed by atoms with Crippen molar-refractivity contribution in [2.75, 3.05) is 6.61 Å². The Labute approximate surface area is 181 Å². The summed E-state index contributed by atoms with van der Waals surface area (Å²) in [4.78, 5) is 37.7. The van der Waals surface area contributed by atoms with Gasteiger partial charge in [-0.25, -0.2) is 22.5 Å². The fourth-order valence-corrected chi connectivity index (χ4v) is 5.96. The van der Waals surface area contributed by atoms with Gasteiger partial charge in [-0.15, -0.1) is 0 Å². The van der Waals surface area contributed by atoms with Gasteiger partial charge in [-0.3, -0.25) is 9.09 Å². The van der Waals surface area contributed by atoms with Crippen molar-refractivity contribution in [2.45, 2.75) is 31.0 Å². The van der Waals surface area contributed by atoms with Gasteiger partial charge in [0, 0.05) is 6.20 Å². The monoisotopic (exact) mass is 550 g/mol. The van der Waals surface area contributed by atoms with E-state index in [4.69, 9.17) is 31.6 Å². The van der Waals surface area contributed by atoms with Crippen molar-refractivity contribution in [1.82, 2.24) is 9.55 Å². The van der Waals surface area contributed by atoms with Crippen LogP contribution < -0.4 is 0 Å². The zero-order valence-corrected chi connectivity index (χ0v) is 19.3. The van der Waals surface area contributed by atoms with Crippen LogP contribution in [0.25, 0.3) is 0 Å². The van der Waals surface area contributed by atoms with Crippen LogP contribution in [0.15, 0.2) is 6.20 Å². The molecule has 3 unspecified atom stereocenters. The molecule has 0 aliphatic carbocycles. The minimum atomic E-state index is -5.77. The van der Waals surface area contributed by atoms with Crippen molar-refractivity contribution < 1.29 is 65.0 Å². The fraction of sp³-hybridized carbons (Fsp3) is 0.600. The average Bonchev–Trinajstić information content (AvgIpc) is 2.76. The number of halogens is 2. The molecule has 1 fully saturated rings. The molecule has 0 amide bonds. The molecule has 1 aromatic heterocycles. The molecule has 0 spiro atoms. The highest BCUT2D eigenvalue weighted by molar-refractivity contribution is 7.72. The normalized spacial score (nSPS) is 30.6. The van der Waals surface area contributed by atoms with E-state index in [2.05, 4.69) is 30.3 Å². The molecule has 6 N–H and O–H groups in total. The third-order valence-electron chi connectivity index (χ3n) is 3.68. The molecule has 14 nitrogen and oxygen atoms in total. The molecule has 21 heteroatoms. The maximum Gasteiger partial charge on any atom is 0.490 e. The van der Waals surface area contributed by atoms with Crippen LogP contribution in [0.3, 0.4) is 0 Å². The summed E-state index contributed by atoms with van der Waals surface area (Å²) in [6, 6.07) is 0. The van der Waals surface area contributed by atoms with Crippen LogP contribution in [0.4, 0.5) is 8.78 Å². The van der Waals surface area contributed by atoms with Gasteiger partial charge in [0.25, 0.3) is 0 Å². The summed E-state index contributed by atoms with van der Waals surface area (Å²) >= 11 is 9.59. The number of nitrogens with one attached hydrogen (secondary N) is 1. The molecule has 0 saturated carbocycles. The van der Waals surface area contributed by atoms with E-state index >= 15 is 0 Å². The molecule has 0 radical (unpaired) electrons. The summed E-state index contributed by atoms with van der Waals surface area (Å²) in [7, 11) is -16.9. The molecule has 2 heterocycles. The standard InChI is InChI=1S/C10H15F2N2O12P3S2/c1-10(15)6(12)5(24-8(10)14-2-4(11)7(30)13-9(14)31)3-23-28(19,20)26-29(21,22)25-27(16,17)18/h2,5-6,8,15H,3H2,1H3,(H,19,20)(H,21,22)(H,13,30,31)(H2,16,17,18)/t5-,6+,8-,10?/m1/s1. The lowest BCUT2D eigenvalue weighted by Gasteiger charge is -2.27. The topological polar surface area (TPSA) is 210 Å². The predicted molar refractivity (Wildman–Crippen MR) is 99.7 cm³/mol. The fourth-order valence-electron chi connectivity index (χ4n) is 2.46. The van der Waals surface area contributed by atoms with Gasteiger partial charge in [-0.2, -0.15) is 8.62 Å². The predicted octanol–water partition coefficient (Wildman–Crippen LogP) is 1.74.